The SMILES string of the molecule is COC(=O)c1cc(Cl)cnc1C(C)NC(=O)OC(C)(C)C. The summed E-state index contributed by atoms with van der Waals surface area (Å²) in [5, 5.41) is 2.93. The van der Waals surface area contributed by atoms with Crippen molar-refractivity contribution in [1.82, 2.24) is 10.3 Å². The van der Waals surface area contributed by atoms with Crippen LogP contribution in [0.4, 0.5) is 4.79 Å². The molecule has 1 rings (SSSR count). The third-order valence-electron chi connectivity index (χ3n) is 2.43. The number of carbonyl (C=O) groups is 2. The van der Waals surface area contributed by atoms with Gasteiger partial charge in [0.05, 0.1) is 29.4 Å². The van der Waals surface area contributed by atoms with Gasteiger partial charge in [0.15, 0.2) is 0 Å². The van der Waals surface area contributed by atoms with E-state index in [1.807, 2.05) is 0 Å². The fourth-order valence-corrected chi connectivity index (χ4v) is 1.78. The summed E-state index contributed by atoms with van der Waals surface area (Å²) < 4.78 is 9.85. The Balaban J connectivity index is 2.94. The number of esters is 1. The summed E-state index contributed by atoms with van der Waals surface area (Å²) in [6.45, 7) is 6.97. The van der Waals surface area contributed by atoms with Crippen LogP contribution in [0.1, 0.15) is 49.8 Å². The minimum absolute atomic E-state index is 0.202. The molecule has 7 heteroatoms. The average Bonchev–Trinajstić information content (AvgIpc) is 2.35. The first-order chi connectivity index (χ1) is 9.64. The zero-order chi connectivity index (χ0) is 16.2. The first kappa shape index (κ1) is 17.2. The maximum absolute atomic E-state index is 11.8. The van der Waals surface area contributed by atoms with Gasteiger partial charge >= 0.3 is 12.1 Å². The molecule has 1 atom stereocenters. The molecule has 0 aromatic carbocycles. The van der Waals surface area contributed by atoms with Gasteiger partial charge in [-0.3, -0.25) is 4.98 Å². The molecule has 1 amide bonds. The Bertz CT molecular complexity index is 540. The second-order valence-corrected chi connectivity index (χ2v) is 5.88. The molecule has 1 aromatic rings. The van der Waals surface area contributed by atoms with E-state index < -0.39 is 23.7 Å². The van der Waals surface area contributed by atoms with Crippen molar-refractivity contribution in [2.45, 2.75) is 39.3 Å². The van der Waals surface area contributed by atoms with Crippen LogP contribution in [0.5, 0.6) is 0 Å². The fraction of sp³-hybridized carbons (Fsp3) is 0.500. The number of amides is 1. The number of nitrogens with one attached hydrogen (secondary N) is 1. The molecule has 0 spiro atoms. The fourth-order valence-electron chi connectivity index (χ4n) is 1.62. The van der Waals surface area contributed by atoms with E-state index in [4.69, 9.17) is 16.3 Å². The molecule has 0 saturated carbocycles. The number of hydrogen-bond acceptors (Lipinski definition) is 5. The van der Waals surface area contributed by atoms with Gasteiger partial charge in [-0.05, 0) is 33.8 Å². The van der Waals surface area contributed by atoms with E-state index >= 15 is 0 Å². The van der Waals surface area contributed by atoms with E-state index in [2.05, 4.69) is 15.0 Å². The van der Waals surface area contributed by atoms with E-state index in [0.29, 0.717) is 10.7 Å². The quantitative estimate of drug-likeness (QED) is 0.867. The van der Waals surface area contributed by atoms with Gasteiger partial charge in [0.1, 0.15) is 5.60 Å². The number of pyridine rings is 1. The second kappa shape index (κ2) is 6.76. The molecular weight excluding hydrogens is 296 g/mol. The molecule has 6 nitrogen and oxygen atoms in total. The lowest BCUT2D eigenvalue weighted by Gasteiger charge is -2.22. The number of alkyl carbamates (subject to hydrolysis) is 1. The number of halogens is 1. The number of nitrogens with zero attached hydrogens (tertiary/aromatic N) is 1. The number of aromatic nitrogens is 1. The molecule has 1 heterocycles. The lowest BCUT2D eigenvalue weighted by atomic mass is 10.1. The first-order valence-corrected chi connectivity index (χ1v) is 6.75. The number of rotatable bonds is 3. The lowest BCUT2D eigenvalue weighted by molar-refractivity contribution is 0.0500. The summed E-state index contributed by atoms with van der Waals surface area (Å²) in [6, 6.07) is 0.912. The normalized spacial score (nSPS) is 12.5. The zero-order valence-corrected chi connectivity index (χ0v) is 13.4. The topological polar surface area (TPSA) is 77.5 Å². The van der Waals surface area contributed by atoms with E-state index in [1.54, 1.807) is 27.7 Å². The van der Waals surface area contributed by atoms with E-state index in [9.17, 15) is 9.59 Å². The highest BCUT2D eigenvalue weighted by Crippen LogP contribution is 2.20. The Morgan fingerprint density at radius 3 is 2.52 bits per heavy atom. The molecule has 1 unspecified atom stereocenters. The number of hydrogen-bond donors (Lipinski definition) is 1. The van der Waals surface area contributed by atoms with Gasteiger partial charge < -0.3 is 14.8 Å². The Labute approximate surface area is 128 Å². The molecule has 0 aliphatic heterocycles. The number of ether oxygens (including phenoxy) is 2. The molecule has 21 heavy (non-hydrogen) atoms. The monoisotopic (exact) mass is 314 g/mol. The molecule has 0 fully saturated rings. The number of methoxy groups -OCH3 is 1. The molecule has 1 N–H and O–H groups in total. The summed E-state index contributed by atoms with van der Waals surface area (Å²) in [4.78, 5) is 27.6. The van der Waals surface area contributed by atoms with Gasteiger partial charge in [0.2, 0.25) is 0 Å². The number of carbonyl (C=O) groups excluding carboxylic acids is 2. The van der Waals surface area contributed by atoms with Gasteiger partial charge in [-0.1, -0.05) is 11.6 Å². The maximum Gasteiger partial charge on any atom is 0.408 e. The smallest absolute Gasteiger partial charge is 0.408 e. The van der Waals surface area contributed by atoms with Gasteiger partial charge in [-0.25, -0.2) is 9.59 Å². The van der Waals surface area contributed by atoms with E-state index in [0.717, 1.165) is 0 Å². The van der Waals surface area contributed by atoms with E-state index in [-0.39, 0.29) is 5.56 Å². The van der Waals surface area contributed by atoms with Crippen LogP contribution in [-0.4, -0.2) is 29.8 Å². The molecule has 0 aliphatic carbocycles. The zero-order valence-electron chi connectivity index (χ0n) is 12.7. The molecule has 116 valence electrons. The van der Waals surface area contributed by atoms with Gasteiger partial charge in [0.25, 0.3) is 0 Å². The summed E-state index contributed by atoms with van der Waals surface area (Å²) in [5.74, 6) is -0.571. The summed E-state index contributed by atoms with van der Waals surface area (Å²) >= 11 is 5.83. The molecule has 0 bridgehead atoms. The molecule has 0 radical (unpaired) electrons. The lowest BCUT2D eigenvalue weighted by Crippen LogP contribution is -2.34. The van der Waals surface area contributed by atoms with Crippen LogP contribution in [-0.2, 0) is 9.47 Å². The Morgan fingerprint density at radius 1 is 1.38 bits per heavy atom. The Hall–Kier alpha value is -1.82. The summed E-state index contributed by atoms with van der Waals surface area (Å²) in [7, 11) is 1.26. The summed E-state index contributed by atoms with van der Waals surface area (Å²) in [5.41, 5.74) is -0.0479. The van der Waals surface area contributed by atoms with Crippen LogP contribution in [0.25, 0.3) is 0 Å². The highest BCUT2D eigenvalue weighted by molar-refractivity contribution is 6.30. The standard InChI is InChI=1S/C14H19ClN2O4/c1-8(17-13(19)21-14(2,3)4)11-10(12(18)20-5)6-9(15)7-16-11/h6-8H,1-5H3,(H,17,19). The van der Waals surface area contributed by atoms with Crippen molar-refractivity contribution in [3.8, 4) is 0 Å². The molecule has 0 saturated heterocycles. The maximum atomic E-state index is 11.8. The highest BCUT2D eigenvalue weighted by atomic mass is 35.5. The van der Waals surface area contributed by atoms with Crippen molar-refractivity contribution in [3.63, 3.8) is 0 Å². The molecule has 0 aliphatic rings. The van der Waals surface area contributed by atoms with Crippen LogP contribution in [0.3, 0.4) is 0 Å². The Morgan fingerprint density at radius 2 is 2.00 bits per heavy atom. The average molecular weight is 315 g/mol. The summed E-state index contributed by atoms with van der Waals surface area (Å²) in [6.07, 6.45) is 0.805. The third kappa shape index (κ3) is 5.23. The highest BCUT2D eigenvalue weighted by Gasteiger charge is 2.23. The predicted octanol–water partition coefficient (Wildman–Crippen LogP) is 3.11. The minimum atomic E-state index is -0.609. The molecule has 1 aromatic heterocycles. The van der Waals surface area contributed by atoms with E-state index in [1.165, 1.54) is 19.4 Å². The van der Waals surface area contributed by atoms with Gasteiger partial charge in [0, 0.05) is 6.20 Å². The minimum Gasteiger partial charge on any atom is -0.465 e. The second-order valence-electron chi connectivity index (χ2n) is 5.45. The predicted molar refractivity (Wildman–Crippen MR) is 78.4 cm³/mol. The van der Waals surface area contributed by atoms with Gasteiger partial charge in [-0.15, -0.1) is 0 Å². The first-order valence-electron chi connectivity index (χ1n) is 6.37. The van der Waals surface area contributed by atoms with Crippen molar-refractivity contribution in [2.24, 2.45) is 0 Å². The van der Waals surface area contributed by atoms with Crippen molar-refractivity contribution < 1.29 is 19.1 Å². The van der Waals surface area contributed by atoms with Crippen LogP contribution in [0, 0.1) is 0 Å². The van der Waals surface area contributed by atoms with Crippen molar-refractivity contribution in [2.75, 3.05) is 7.11 Å². The van der Waals surface area contributed by atoms with Crippen molar-refractivity contribution in [1.29, 1.82) is 0 Å². The van der Waals surface area contributed by atoms with Crippen LogP contribution in [0.15, 0.2) is 12.3 Å². The van der Waals surface area contributed by atoms with Crippen LogP contribution in [0.2, 0.25) is 5.02 Å². The third-order valence-corrected chi connectivity index (χ3v) is 2.64. The Kier molecular flexibility index (Phi) is 5.54. The van der Waals surface area contributed by atoms with Crippen LogP contribution < -0.4 is 5.32 Å². The molecular formula is C14H19ClN2O4. The van der Waals surface area contributed by atoms with Crippen LogP contribution >= 0.6 is 11.6 Å². The largest absolute Gasteiger partial charge is 0.465 e. The van der Waals surface area contributed by atoms with Gasteiger partial charge in [-0.2, -0.15) is 0 Å². The van der Waals surface area contributed by atoms with Crippen molar-refractivity contribution in [3.05, 3.63) is 28.5 Å². The van der Waals surface area contributed by atoms with Crippen molar-refractivity contribution >= 4 is 23.7 Å².